The number of aromatic nitrogens is 1. The molecule has 0 unspecified atom stereocenters. The molecule has 1 aromatic heterocycles. The van der Waals surface area contributed by atoms with Gasteiger partial charge in [0.15, 0.2) is 0 Å². The van der Waals surface area contributed by atoms with E-state index in [1.54, 1.807) is 19.1 Å². The normalized spacial score (nSPS) is 9.89. The number of halogens is 1. The predicted octanol–water partition coefficient (Wildman–Crippen LogP) is 2.45. The molecule has 0 aliphatic heterocycles. The Bertz CT molecular complexity index is 411. The Kier molecular flexibility index (Phi) is 6.13. The lowest BCUT2D eigenvalue weighted by molar-refractivity contribution is -0.115. The molecule has 0 radical (unpaired) electrons. The third kappa shape index (κ3) is 5.62. The SMILES string of the molecule is CC(=N)CC(=O)Nc1ccc(OCCSF)cn1. The van der Waals surface area contributed by atoms with Crippen LogP contribution in [0.3, 0.4) is 0 Å². The zero-order valence-corrected chi connectivity index (χ0v) is 10.7. The first-order valence-corrected chi connectivity index (χ1v) is 6.16. The van der Waals surface area contributed by atoms with Crippen molar-refractivity contribution < 1.29 is 13.4 Å². The van der Waals surface area contributed by atoms with Gasteiger partial charge in [0, 0.05) is 17.9 Å². The van der Waals surface area contributed by atoms with Crippen molar-refractivity contribution in [3.8, 4) is 5.75 Å². The van der Waals surface area contributed by atoms with Crippen LogP contribution in [0.25, 0.3) is 0 Å². The first kappa shape index (κ1) is 14.4. The van der Waals surface area contributed by atoms with Crippen molar-refractivity contribution in [3.63, 3.8) is 0 Å². The average molecular weight is 271 g/mol. The Balaban J connectivity index is 2.44. The van der Waals surface area contributed by atoms with E-state index in [9.17, 15) is 8.68 Å². The zero-order chi connectivity index (χ0) is 13.4. The van der Waals surface area contributed by atoms with E-state index in [4.69, 9.17) is 10.1 Å². The van der Waals surface area contributed by atoms with Gasteiger partial charge < -0.3 is 15.5 Å². The molecule has 18 heavy (non-hydrogen) atoms. The Morgan fingerprint density at radius 1 is 1.61 bits per heavy atom. The third-order valence-electron chi connectivity index (χ3n) is 1.86. The third-order valence-corrected chi connectivity index (χ3v) is 2.18. The van der Waals surface area contributed by atoms with Crippen molar-refractivity contribution >= 4 is 29.6 Å². The van der Waals surface area contributed by atoms with Gasteiger partial charge in [-0.05, 0) is 19.1 Å². The maximum Gasteiger partial charge on any atom is 0.231 e. The van der Waals surface area contributed by atoms with Crippen molar-refractivity contribution in [1.82, 2.24) is 4.98 Å². The van der Waals surface area contributed by atoms with E-state index in [0.29, 0.717) is 11.6 Å². The second kappa shape index (κ2) is 7.65. The zero-order valence-electron chi connectivity index (χ0n) is 9.90. The van der Waals surface area contributed by atoms with E-state index in [1.807, 2.05) is 0 Å². The molecule has 0 atom stereocenters. The molecule has 0 aliphatic rings. The van der Waals surface area contributed by atoms with E-state index >= 15 is 0 Å². The number of nitrogens with zero attached hydrogens (tertiary/aromatic N) is 1. The number of amides is 1. The quantitative estimate of drug-likeness (QED) is 0.590. The maximum absolute atomic E-state index is 11.8. The van der Waals surface area contributed by atoms with Crippen LogP contribution in [0.1, 0.15) is 13.3 Å². The highest BCUT2D eigenvalue weighted by atomic mass is 32.2. The summed E-state index contributed by atoms with van der Waals surface area (Å²) in [4.78, 5) is 15.3. The summed E-state index contributed by atoms with van der Waals surface area (Å²) in [6.07, 6.45) is 1.50. The summed E-state index contributed by atoms with van der Waals surface area (Å²) in [5.74, 6) is 0.896. The van der Waals surface area contributed by atoms with Gasteiger partial charge in [0.1, 0.15) is 11.6 Å². The molecule has 0 saturated heterocycles. The summed E-state index contributed by atoms with van der Waals surface area (Å²) in [6, 6.07) is 3.23. The molecular formula is C11H14FN3O2S. The van der Waals surface area contributed by atoms with Gasteiger partial charge in [0.05, 0.1) is 25.0 Å². The fraction of sp³-hybridized carbons (Fsp3) is 0.364. The summed E-state index contributed by atoms with van der Waals surface area (Å²) in [5.41, 5.74) is 0.288. The Morgan fingerprint density at radius 3 is 2.94 bits per heavy atom. The van der Waals surface area contributed by atoms with E-state index in [0.717, 1.165) is 0 Å². The summed E-state index contributed by atoms with van der Waals surface area (Å²) in [7, 11) is 0. The molecule has 98 valence electrons. The van der Waals surface area contributed by atoms with Crippen molar-refractivity contribution in [2.45, 2.75) is 13.3 Å². The number of carbonyl (C=O) groups excluding carboxylic acids is 1. The first-order valence-electron chi connectivity index (χ1n) is 5.28. The van der Waals surface area contributed by atoms with Gasteiger partial charge in [0.25, 0.3) is 0 Å². The molecule has 1 amide bonds. The fourth-order valence-corrected chi connectivity index (χ4v) is 1.30. The highest BCUT2D eigenvalue weighted by Crippen LogP contribution is 2.13. The average Bonchev–Trinajstić information content (AvgIpc) is 2.30. The Morgan fingerprint density at radius 2 is 2.39 bits per heavy atom. The number of anilines is 1. The van der Waals surface area contributed by atoms with Crippen LogP contribution in [0.4, 0.5) is 9.70 Å². The summed E-state index contributed by atoms with van der Waals surface area (Å²) in [5, 5.41) is 9.74. The van der Waals surface area contributed by atoms with Gasteiger partial charge in [-0.2, -0.15) is 3.89 Å². The Labute approximate surface area is 109 Å². The molecule has 0 aliphatic carbocycles. The monoisotopic (exact) mass is 271 g/mol. The molecule has 5 nitrogen and oxygen atoms in total. The second-order valence-electron chi connectivity index (χ2n) is 3.55. The number of pyridine rings is 1. The van der Waals surface area contributed by atoms with E-state index < -0.39 is 0 Å². The first-order chi connectivity index (χ1) is 8.61. The number of nitrogens with one attached hydrogen (secondary N) is 2. The lowest BCUT2D eigenvalue weighted by atomic mass is 10.3. The van der Waals surface area contributed by atoms with Crippen LogP contribution in [0.5, 0.6) is 5.75 Å². The largest absolute Gasteiger partial charge is 0.491 e. The predicted molar refractivity (Wildman–Crippen MR) is 69.9 cm³/mol. The van der Waals surface area contributed by atoms with Gasteiger partial charge in [-0.1, -0.05) is 0 Å². The minimum atomic E-state index is -0.280. The molecule has 0 fully saturated rings. The molecular weight excluding hydrogens is 257 g/mol. The summed E-state index contributed by atoms with van der Waals surface area (Å²) < 4.78 is 17.0. The highest BCUT2D eigenvalue weighted by molar-refractivity contribution is 7.94. The van der Waals surface area contributed by atoms with E-state index in [1.165, 1.54) is 6.20 Å². The van der Waals surface area contributed by atoms with Crippen molar-refractivity contribution in [2.24, 2.45) is 0 Å². The van der Waals surface area contributed by atoms with Crippen molar-refractivity contribution in [1.29, 1.82) is 5.41 Å². The topological polar surface area (TPSA) is 75.1 Å². The molecule has 1 heterocycles. The minimum Gasteiger partial charge on any atom is -0.491 e. The molecule has 1 aromatic rings. The van der Waals surface area contributed by atoms with E-state index in [2.05, 4.69) is 10.3 Å². The highest BCUT2D eigenvalue weighted by Gasteiger charge is 2.04. The molecule has 2 N–H and O–H groups in total. The van der Waals surface area contributed by atoms with Gasteiger partial charge in [-0.15, -0.1) is 0 Å². The van der Waals surface area contributed by atoms with Gasteiger partial charge in [-0.3, -0.25) is 4.79 Å². The van der Waals surface area contributed by atoms with Crippen LogP contribution < -0.4 is 10.1 Å². The van der Waals surface area contributed by atoms with Crippen LogP contribution in [-0.4, -0.2) is 29.0 Å². The number of carbonyl (C=O) groups is 1. The van der Waals surface area contributed by atoms with Crippen molar-refractivity contribution in [3.05, 3.63) is 18.3 Å². The van der Waals surface area contributed by atoms with E-state index in [-0.39, 0.29) is 42.5 Å². The van der Waals surface area contributed by atoms with Crippen LogP contribution in [0.2, 0.25) is 0 Å². The van der Waals surface area contributed by atoms with Gasteiger partial charge in [0.2, 0.25) is 5.91 Å². The molecule has 0 saturated carbocycles. The van der Waals surface area contributed by atoms with Crippen LogP contribution in [0.15, 0.2) is 18.3 Å². The summed E-state index contributed by atoms with van der Waals surface area (Å²) >= 11 is 0.216. The maximum atomic E-state index is 11.8. The number of ether oxygens (including phenoxy) is 1. The fourth-order valence-electron chi connectivity index (χ4n) is 1.16. The number of rotatable bonds is 7. The van der Waals surface area contributed by atoms with Crippen LogP contribution >= 0.6 is 12.1 Å². The standard InChI is InChI=1S/C11H14FN3O2S/c1-8(13)6-11(16)15-10-3-2-9(7-14-10)17-4-5-18-12/h2-3,7,13H,4-6H2,1H3,(H,14,15,16). The minimum absolute atomic E-state index is 0.0493. The molecule has 0 aromatic carbocycles. The number of hydrogen-bond donors (Lipinski definition) is 2. The molecule has 1 rings (SSSR count). The van der Waals surface area contributed by atoms with Gasteiger partial charge in [-0.25, -0.2) is 4.98 Å². The lowest BCUT2D eigenvalue weighted by Crippen LogP contribution is -2.15. The van der Waals surface area contributed by atoms with Gasteiger partial charge >= 0.3 is 0 Å². The smallest absolute Gasteiger partial charge is 0.231 e. The Hall–Kier alpha value is -1.63. The lowest BCUT2D eigenvalue weighted by Gasteiger charge is -2.06. The van der Waals surface area contributed by atoms with Crippen LogP contribution in [-0.2, 0) is 4.79 Å². The molecule has 7 heteroatoms. The summed E-state index contributed by atoms with van der Waals surface area (Å²) in [6.45, 7) is 1.83. The van der Waals surface area contributed by atoms with Crippen LogP contribution in [0, 0.1) is 5.41 Å². The molecule has 0 bridgehead atoms. The van der Waals surface area contributed by atoms with Crippen molar-refractivity contribution in [2.75, 3.05) is 17.7 Å². The molecule has 0 spiro atoms. The second-order valence-corrected chi connectivity index (χ2v) is 4.17. The number of hydrogen-bond acceptors (Lipinski definition) is 5.